The number of ether oxygens (including phenoxy) is 1. The van der Waals surface area contributed by atoms with Crippen molar-refractivity contribution in [1.29, 1.82) is 0 Å². The maximum Gasteiger partial charge on any atom is 0.0991 e. The summed E-state index contributed by atoms with van der Waals surface area (Å²) in [5.41, 5.74) is 2.45. The van der Waals surface area contributed by atoms with Crippen LogP contribution in [0.15, 0.2) is 61.4 Å². The van der Waals surface area contributed by atoms with Gasteiger partial charge in [0.2, 0.25) is 0 Å². The number of benzene rings is 1. The molecule has 1 aliphatic heterocycles. The molecule has 0 N–H and O–H groups in total. The third kappa shape index (κ3) is 3.55. The number of rotatable bonds is 5. The van der Waals surface area contributed by atoms with Gasteiger partial charge in [0.1, 0.15) is 0 Å². The molecule has 24 heavy (non-hydrogen) atoms. The second kappa shape index (κ2) is 6.98. The predicted molar refractivity (Wildman–Crippen MR) is 90.8 cm³/mol. The lowest BCUT2D eigenvalue weighted by Crippen LogP contribution is -2.43. The van der Waals surface area contributed by atoms with Crippen LogP contribution >= 0.6 is 0 Å². The minimum atomic E-state index is 0.198. The van der Waals surface area contributed by atoms with Crippen molar-refractivity contribution < 1.29 is 4.74 Å². The second-order valence-electron chi connectivity index (χ2n) is 6.09. The quantitative estimate of drug-likeness (QED) is 0.720. The van der Waals surface area contributed by atoms with Gasteiger partial charge in [0, 0.05) is 50.1 Å². The van der Waals surface area contributed by atoms with E-state index in [2.05, 4.69) is 39.2 Å². The average Bonchev–Trinajstić information content (AvgIpc) is 3.29. The van der Waals surface area contributed by atoms with E-state index in [1.807, 2.05) is 40.2 Å². The molecule has 0 aliphatic carbocycles. The Morgan fingerprint density at radius 1 is 1.12 bits per heavy atom. The summed E-state index contributed by atoms with van der Waals surface area (Å²) in [6.07, 6.45) is 9.55. The molecular formula is C18H21N5O. The van der Waals surface area contributed by atoms with E-state index < -0.39 is 0 Å². The molecule has 4 rings (SSSR count). The van der Waals surface area contributed by atoms with Crippen LogP contribution in [-0.2, 0) is 17.8 Å². The molecule has 6 nitrogen and oxygen atoms in total. The van der Waals surface area contributed by atoms with Crippen LogP contribution in [-0.4, -0.2) is 50.0 Å². The number of aromatic nitrogens is 4. The average molecular weight is 323 g/mol. The molecule has 0 spiro atoms. The van der Waals surface area contributed by atoms with Crippen LogP contribution in [0.25, 0.3) is 5.69 Å². The molecule has 1 fully saturated rings. The van der Waals surface area contributed by atoms with E-state index in [4.69, 9.17) is 4.74 Å². The van der Waals surface area contributed by atoms with Crippen LogP contribution in [0.2, 0.25) is 0 Å². The van der Waals surface area contributed by atoms with Crippen molar-refractivity contribution in [3.05, 3.63) is 67.0 Å². The normalized spacial score (nSPS) is 18.8. The SMILES string of the molecule is c1cnn(C[C@@H]2CN(Cc3ccc(-n4ccnc4)cc3)CCO2)c1. The van der Waals surface area contributed by atoms with E-state index in [-0.39, 0.29) is 6.10 Å². The van der Waals surface area contributed by atoms with Crippen LogP contribution in [0.4, 0.5) is 0 Å². The fourth-order valence-corrected chi connectivity index (χ4v) is 3.10. The molecule has 3 aromatic rings. The van der Waals surface area contributed by atoms with E-state index in [1.165, 1.54) is 5.56 Å². The molecular weight excluding hydrogens is 302 g/mol. The highest BCUT2D eigenvalue weighted by molar-refractivity contribution is 5.34. The number of hydrogen-bond acceptors (Lipinski definition) is 4. The van der Waals surface area contributed by atoms with Crippen molar-refractivity contribution in [2.45, 2.75) is 19.2 Å². The Balaban J connectivity index is 1.36. The minimum Gasteiger partial charge on any atom is -0.374 e. The highest BCUT2D eigenvalue weighted by atomic mass is 16.5. The van der Waals surface area contributed by atoms with Crippen molar-refractivity contribution in [3.8, 4) is 5.69 Å². The van der Waals surface area contributed by atoms with Crippen LogP contribution in [0, 0.1) is 0 Å². The molecule has 1 aliphatic rings. The molecule has 1 aromatic carbocycles. The van der Waals surface area contributed by atoms with Gasteiger partial charge in [-0.25, -0.2) is 4.98 Å². The van der Waals surface area contributed by atoms with E-state index in [9.17, 15) is 0 Å². The molecule has 3 heterocycles. The van der Waals surface area contributed by atoms with Gasteiger partial charge in [0.25, 0.3) is 0 Å². The summed E-state index contributed by atoms with van der Waals surface area (Å²) >= 11 is 0. The van der Waals surface area contributed by atoms with Gasteiger partial charge in [-0.1, -0.05) is 12.1 Å². The summed E-state index contributed by atoms with van der Waals surface area (Å²) in [5.74, 6) is 0. The number of hydrogen-bond donors (Lipinski definition) is 0. The zero-order valence-corrected chi connectivity index (χ0v) is 13.5. The Morgan fingerprint density at radius 2 is 2.04 bits per heavy atom. The lowest BCUT2D eigenvalue weighted by Gasteiger charge is -2.33. The highest BCUT2D eigenvalue weighted by Crippen LogP contribution is 2.14. The fourth-order valence-electron chi connectivity index (χ4n) is 3.10. The summed E-state index contributed by atoms with van der Waals surface area (Å²) < 4.78 is 9.83. The van der Waals surface area contributed by atoms with Gasteiger partial charge in [-0.2, -0.15) is 5.10 Å². The van der Waals surface area contributed by atoms with Crippen LogP contribution in [0.5, 0.6) is 0 Å². The first kappa shape index (κ1) is 15.1. The predicted octanol–water partition coefficient (Wildman–Crippen LogP) is 1.97. The van der Waals surface area contributed by atoms with Gasteiger partial charge in [-0.15, -0.1) is 0 Å². The monoisotopic (exact) mass is 323 g/mol. The molecule has 1 saturated heterocycles. The lowest BCUT2D eigenvalue weighted by molar-refractivity contribution is -0.0402. The Labute approximate surface area is 141 Å². The minimum absolute atomic E-state index is 0.198. The van der Waals surface area contributed by atoms with Crippen LogP contribution in [0.3, 0.4) is 0 Å². The molecule has 1 atom stereocenters. The van der Waals surface area contributed by atoms with Gasteiger partial charge >= 0.3 is 0 Å². The molecule has 0 amide bonds. The summed E-state index contributed by atoms with van der Waals surface area (Å²) in [4.78, 5) is 6.54. The maximum atomic E-state index is 5.87. The Morgan fingerprint density at radius 3 is 2.79 bits per heavy atom. The van der Waals surface area contributed by atoms with Gasteiger partial charge < -0.3 is 9.30 Å². The van der Waals surface area contributed by atoms with E-state index >= 15 is 0 Å². The van der Waals surface area contributed by atoms with E-state index in [0.29, 0.717) is 0 Å². The van der Waals surface area contributed by atoms with E-state index in [0.717, 1.165) is 38.5 Å². The summed E-state index contributed by atoms with van der Waals surface area (Å²) in [5, 5.41) is 4.26. The molecule has 0 radical (unpaired) electrons. The standard InChI is InChI=1S/C18H21N5O/c1-6-20-23(8-1)14-18-13-21(10-11-24-18)12-16-2-4-17(5-3-16)22-9-7-19-15-22/h1-9,15,18H,10-14H2/t18-/m0/s1. The first-order valence-corrected chi connectivity index (χ1v) is 8.25. The first-order valence-electron chi connectivity index (χ1n) is 8.25. The lowest BCUT2D eigenvalue weighted by atomic mass is 10.1. The maximum absolute atomic E-state index is 5.87. The van der Waals surface area contributed by atoms with Crippen molar-refractivity contribution in [2.75, 3.05) is 19.7 Å². The van der Waals surface area contributed by atoms with Crippen LogP contribution < -0.4 is 0 Å². The van der Waals surface area contributed by atoms with Gasteiger partial charge in [-0.05, 0) is 23.8 Å². The smallest absolute Gasteiger partial charge is 0.0991 e. The Bertz CT molecular complexity index is 736. The highest BCUT2D eigenvalue weighted by Gasteiger charge is 2.21. The van der Waals surface area contributed by atoms with Crippen molar-refractivity contribution in [1.82, 2.24) is 24.2 Å². The third-order valence-electron chi connectivity index (χ3n) is 4.32. The van der Waals surface area contributed by atoms with Gasteiger partial charge in [-0.3, -0.25) is 9.58 Å². The Kier molecular flexibility index (Phi) is 4.40. The zero-order chi connectivity index (χ0) is 16.2. The van der Waals surface area contributed by atoms with Gasteiger partial charge in [0.05, 0.1) is 25.6 Å². The van der Waals surface area contributed by atoms with Crippen LogP contribution in [0.1, 0.15) is 5.56 Å². The molecule has 124 valence electrons. The molecule has 2 aromatic heterocycles. The van der Waals surface area contributed by atoms with Crippen molar-refractivity contribution >= 4 is 0 Å². The molecule has 0 saturated carbocycles. The van der Waals surface area contributed by atoms with Crippen molar-refractivity contribution in [2.24, 2.45) is 0 Å². The number of morpholine rings is 1. The van der Waals surface area contributed by atoms with Crippen molar-refractivity contribution in [3.63, 3.8) is 0 Å². The summed E-state index contributed by atoms with van der Waals surface area (Å²) in [7, 11) is 0. The molecule has 0 bridgehead atoms. The topological polar surface area (TPSA) is 48.1 Å². The molecule has 6 heteroatoms. The Hall–Kier alpha value is -2.44. The number of imidazole rings is 1. The third-order valence-corrected chi connectivity index (χ3v) is 4.32. The first-order chi connectivity index (χ1) is 11.9. The largest absolute Gasteiger partial charge is 0.374 e. The fraction of sp³-hybridized carbons (Fsp3) is 0.333. The van der Waals surface area contributed by atoms with Gasteiger partial charge in [0.15, 0.2) is 0 Å². The zero-order valence-electron chi connectivity index (χ0n) is 13.5. The summed E-state index contributed by atoms with van der Waals surface area (Å²) in [6, 6.07) is 10.6. The number of nitrogens with zero attached hydrogens (tertiary/aromatic N) is 5. The van der Waals surface area contributed by atoms with E-state index in [1.54, 1.807) is 6.20 Å². The second-order valence-corrected chi connectivity index (χ2v) is 6.09. The molecule has 0 unspecified atom stereocenters. The summed E-state index contributed by atoms with van der Waals surface area (Å²) in [6.45, 7) is 4.44.